The van der Waals surface area contributed by atoms with Crippen molar-refractivity contribution >= 4 is 12.4 Å². The van der Waals surface area contributed by atoms with Gasteiger partial charge in [-0.2, -0.15) is 0 Å². The van der Waals surface area contributed by atoms with Crippen LogP contribution in [0.15, 0.2) is 35.3 Å². The van der Waals surface area contributed by atoms with Gasteiger partial charge in [0, 0.05) is 18.2 Å². The number of hydrogen-bond acceptors (Lipinski definition) is 4. The van der Waals surface area contributed by atoms with Gasteiger partial charge in [0.1, 0.15) is 0 Å². The largest absolute Gasteiger partial charge is 0.509 e. The van der Waals surface area contributed by atoms with Crippen LogP contribution in [0.25, 0.3) is 0 Å². The van der Waals surface area contributed by atoms with Crippen molar-refractivity contribution in [2.45, 2.75) is 38.3 Å². The van der Waals surface area contributed by atoms with Crippen LogP contribution in [-0.4, -0.2) is 24.5 Å². The number of rotatable bonds is 3. The predicted molar refractivity (Wildman–Crippen MR) is 73.4 cm³/mol. The zero-order valence-electron chi connectivity index (χ0n) is 11.6. The molecule has 0 N–H and O–H groups in total. The van der Waals surface area contributed by atoms with E-state index >= 15 is 0 Å². The van der Waals surface area contributed by atoms with Crippen molar-refractivity contribution < 1.29 is 14.3 Å². The molecule has 1 heterocycles. The van der Waals surface area contributed by atoms with E-state index in [0.717, 1.165) is 5.56 Å². The minimum absolute atomic E-state index is 0.248. The molecule has 1 aliphatic heterocycles. The summed E-state index contributed by atoms with van der Waals surface area (Å²) < 4.78 is 10.4. The summed E-state index contributed by atoms with van der Waals surface area (Å²) in [6.45, 7) is 6.08. The quantitative estimate of drug-likeness (QED) is 0.784. The summed E-state index contributed by atoms with van der Waals surface area (Å²) >= 11 is 0. The Morgan fingerprint density at radius 2 is 2.00 bits per heavy atom. The molecule has 1 aromatic rings. The standard InChI is InChI=1S/C15H19NO3/c1-4-18-13(17)19-15(10-14(2,3)16-11-15)12-8-6-5-7-9-12/h5-9,11H,4,10H2,1-3H3. The van der Waals surface area contributed by atoms with Crippen LogP contribution in [-0.2, 0) is 15.1 Å². The smallest absolute Gasteiger partial charge is 0.435 e. The molecule has 1 aliphatic rings. The lowest BCUT2D eigenvalue weighted by molar-refractivity contribution is -0.00404. The van der Waals surface area contributed by atoms with Gasteiger partial charge in [0.25, 0.3) is 0 Å². The summed E-state index contributed by atoms with van der Waals surface area (Å²) in [6, 6.07) is 9.65. The minimum Gasteiger partial charge on any atom is -0.435 e. The Labute approximate surface area is 113 Å². The Hall–Kier alpha value is -1.84. The fourth-order valence-corrected chi connectivity index (χ4v) is 2.33. The molecule has 0 aromatic heterocycles. The maximum absolute atomic E-state index is 11.7. The van der Waals surface area contributed by atoms with Gasteiger partial charge >= 0.3 is 6.16 Å². The lowest BCUT2D eigenvalue weighted by Gasteiger charge is -2.29. The van der Waals surface area contributed by atoms with E-state index in [0.29, 0.717) is 13.0 Å². The highest BCUT2D eigenvalue weighted by Crippen LogP contribution is 2.39. The minimum atomic E-state index is -0.822. The third-order valence-corrected chi connectivity index (χ3v) is 3.11. The fraction of sp³-hybridized carbons (Fsp3) is 0.467. The average Bonchev–Trinajstić information content (AvgIpc) is 2.67. The molecule has 1 unspecified atom stereocenters. The predicted octanol–water partition coefficient (Wildman–Crippen LogP) is 3.31. The molecule has 0 fully saturated rings. The molecule has 0 saturated heterocycles. The Kier molecular flexibility index (Phi) is 3.60. The zero-order chi connectivity index (χ0) is 13.9. The Bertz CT molecular complexity index is 481. The zero-order valence-corrected chi connectivity index (χ0v) is 11.6. The lowest BCUT2D eigenvalue weighted by Crippen LogP contribution is -2.35. The molecule has 0 saturated carbocycles. The average molecular weight is 261 g/mol. The van der Waals surface area contributed by atoms with Crippen molar-refractivity contribution in [2.75, 3.05) is 6.61 Å². The van der Waals surface area contributed by atoms with Crippen LogP contribution in [0.4, 0.5) is 4.79 Å². The van der Waals surface area contributed by atoms with E-state index in [2.05, 4.69) is 4.99 Å². The van der Waals surface area contributed by atoms with Crippen molar-refractivity contribution in [3.8, 4) is 0 Å². The van der Waals surface area contributed by atoms with Gasteiger partial charge in [-0.1, -0.05) is 30.3 Å². The number of hydrogen-bond donors (Lipinski definition) is 0. The second kappa shape index (κ2) is 5.03. The number of carbonyl (C=O) groups excluding carboxylic acids is 1. The molecule has 2 rings (SSSR count). The summed E-state index contributed by atoms with van der Waals surface area (Å²) in [6.07, 6.45) is 1.68. The van der Waals surface area contributed by atoms with Crippen molar-refractivity contribution in [1.82, 2.24) is 0 Å². The molecule has 1 atom stereocenters. The van der Waals surface area contributed by atoms with Crippen LogP contribution in [0.3, 0.4) is 0 Å². The SMILES string of the molecule is CCOC(=O)OC1(c2ccccc2)C=NC(C)(C)C1. The first-order valence-corrected chi connectivity index (χ1v) is 6.45. The van der Waals surface area contributed by atoms with Gasteiger partial charge in [0.05, 0.1) is 12.1 Å². The normalized spacial score (nSPS) is 24.2. The molecule has 4 nitrogen and oxygen atoms in total. The molecular formula is C15H19NO3. The van der Waals surface area contributed by atoms with Crippen LogP contribution in [0.1, 0.15) is 32.8 Å². The van der Waals surface area contributed by atoms with Crippen molar-refractivity contribution in [3.63, 3.8) is 0 Å². The maximum Gasteiger partial charge on any atom is 0.509 e. The van der Waals surface area contributed by atoms with Gasteiger partial charge in [-0.3, -0.25) is 4.99 Å². The highest BCUT2D eigenvalue weighted by molar-refractivity contribution is 5.78. The van der Waals surface area contributed by atoms with Gasteiger partial charge in [-0.25, -0.2) is 4.79 Å². The van der Waals surface area contributed by atoms with Crippen LogP contribution >= 0.6 is 0 Å². The molecule has 0 amide bonds. The Balaban J connectivity index is 2.31. The fourth-order valence-electron chi connectivity index (χ4n) is 2.33. The highest BCUT2D eigenvalue weighted by atomic mass is 16.7. The highest BCUT2D eigenvalue weighted by Gasteiger charge is 2.45. The second-order valence-electron chi connectivity index (χ2n) is 5.29. The monoisotopic (exact) mass is 261 g/mol. The van der Waals surface area contributed by atoms with Crippen molar-refractivity contribution in [3.05, 3.63) is 35.9 Å². The first-order valence-electron chi connectivity index (χ1n) is 6.45. The van der Waals surface area contributed by atoms with Crippen LogP contribution in [0.5, 0.6) is 0 Å². The van der Waals surface area contributed by atoms with E-state index in [4.69, 9.17) is 9.47 Å². The summed E-state index contributed by atoms with van der Waals surface area (Å²) in [5.74, 6) is 0. The number of nitrogens with zero attached hydrogens (tertiary/aromatic N) is 1. The van der Waals surface area contributed by atoms with E-state index < -0.39 is 11.8 Å². The number of benzene rings is 1. The van der Waals surface area contributed by atoms with Crippen LogP contribution in [0, 0.1) is 0 Å². The Morgan fingerprint density at radius 1 is 1.32 bits per heavy atom. The summed E-state index contributed by atoms with van der Waals surface area (Å²) in [5.41, 5.74) is -0.156. The van der Waals surface area contributed by atoms with Crippen LogP contribution in [0.2, 0.25) is 0 Å². The molecule has 0 spiro atoms. The first kappa shape index (κ1) is 13.6. The number of aliphatic imine (C=N–C) groups is 1. The molecule has 0 radical (unpaired) electrons. The van der Waals surface area contributed by atoms with E-state index in [1.54, 1.807) is 13.1 Å². The van der Waals surface area contributed by atoms with E-state index in [9.17, 15) is 4.79 Å². The third-order valence-electron chi connectivity index (χ3n) is 3.11. The van der Waals surface area contributed by atoms with Gasteiger partial charge in [-0.05, 0) is 20.8 Å². The molecule has 102 valence electrons. The second-order valence-corrected chi connectivity index (χ2v) is 5.29. The summed E-state index contributed by atoms with van der Waals surface area (Å²) in [5, 5.41) is 0. The number of ether oxygens (including phenoxy) is 2. The first-order chi connectivity index (χ1) is 8.97. The molecule has 4 heteroatoms. The molecule has 0 bridgehead atoms. The summed E-state index contributed by atoms with van der Waals surface area (Å²) in [4.78, 5) is 16.1. The van der Waals surface area contributed by atoms with Gasteiger partial charge in [-0.15, -0.1) is 0 Å². The maximum atomic E-state index is 11.7. The lowest BCUT2D eigenvalue weighted by atomic mass is 9.86. The summed E-state index contributed by atoms with van der Waals surface area (Å²) in [7, 11) is 0. The van der Waals surface area contributed by atoms with Gasteiger partial charge < -0.3 is 9.47 Å². The van der Waals surface area contributed by atoms with Crippen molar-refractivity contribution in [2.24, 2.45) is 4.99 Å². The Morgan fingerprint density at radius 3 is 2.53 bits per heavy atom. The number of carbonyl (C=O) groups is 1. The van der Waals surface area contributed by atoms with Crippen LogP contribution < -0.4 is 0 Å². The molecular weight excluding hydrogens is 242 g/mol. The third kappa shape index (κ3) is 2.95. The van der Waals surface area contributed by atoms with Gasteiger partial charge in [0.15, 0.2) is 5.60 Å². The molecule has 0 aliphatic carbocycles. The topological polar surface area (TPSA) is 47.9 Å². The van der Waals surface area contributed by atoms with E-state index in [1.807, 2.05) is 44.2 Å². The molecule has 1 aromatic carbocycles. The van der Waals surface area contributed by atoms with Gasteiger partial charge in [0.2, 0.25) is 0 Å². The molecule has 19 heavy (non-hydrogen) atoms. The van der Waals surface area contributed by atoms with Crippen molar-refractivity contribution in [1.29, 1.82) is 0 Å². The van der Waals surface area contributed by atoms with E-state index in [1.165, 1.54) is 0 Å². The van der Waals surface area contributed by atoms with E-state index in [-0.39, 0.29) is 5.54 Å².